The normalized spacial score (nSPS) is 14.2. The van der Waals surface area contributed by atoms with E-state index in [9.17, 15) is 4.39 Å². The molecule has 1 aliphatic heterocycles. The van der Waals surface area contributed by atoms with Crippen molar-refractivity contribution in [3.63, 3.8) is 0 Å². The zero-order valence-electron chi connectivity index (χ0n) is 14.7. The van der Waals surface area contributed by atoms with E-state index in [1.165, 1.54) is 0 Å². The fourth-order valence-electron chi connectivity index (χ4n) is 3.23. The van der Waals surface area contributed by atoms with Gasteiger partial charge >= 0.3 is 0 Å². The Balaban J connectivity index is 1.41. The van der Waals surface area contributed by atoms with Gasteiger partial charge < -0.3 is 5.32 Å². The third kappa shape index (κ3) is 3.72. The summed E-state index contributed by atoms with van der Waals surface area (Å²) < 4.78 is 16.1. The minimum atomic E-state index is -0.137. The Bertz CT molecular complexity index is 892. The lowest BCUT2D eigenvalue weighted by molar-refractivity contribution is 0.202. The van der Waals surface area contributed by atoms with E-state index in [2.05, 4.69) is 31.3 Å². The fourth-order valence-corrected chi connectivity index (χ4v) is 3.23. The van der Waals surface area contributed by atoms with Crippen LogP contribution in [-0.2, 0) is 26.2 Å². The lowest BCUT2D eigenvalue weighted by Gasteiger charge is -2.27. The van der Waals surface area contributed by atoms with Crippen molar-refractivity contribution in [3.05, 3.63) is 71.1 Å². The average Bonchev–Trinajstić information content (AvgIpc) is 3.06. The van der Waals surface area contributed by atoms with Crippen LogP contribution in [-0.4, -0.2) is 31.2 Å². The van der Waals surface area contributed by atoms with Gasteiger partial charge in [0.1, 0.15) is 5.82 Å². The van der Waals surface area contributed by atoms with Crippen LogP contribution in [0.15, 0.2) is 42.7 Å². The van der Waals surface area contributed by atoms with Crippen LogP contribution < -0.4 is 5.32 Å². The number of fused-ring (bicyclic) bond motifs is 1. The number of hydrogen-bond acceptors (Lipinski definition) is 5. The second-order valence-electron chi connectivity index (χ2n) is 6.58. The van der Waals surface area contributed by atoms with Crippen molar-refractivity contribution in [2.75, 3.05) is 11.9 Å². The van der Waals surface area contributed by atoms with Gasteiger partial charge in [-0.15, -0.1) is 0 Å². The van der Waals surface area contributed by atoms with E-state index >= 15 is 0 Å². The summed E-state index contributed by atoms with van der Waals surface area (Å²) in [6.45, 7) is 5.62. The monoisotopic (exact) mass is 352 g/mol. The van der Waals surface area contributed by atoms with Crippen LogP contribution in [0.2, 0.25) is 0 Å². The van der Waals surface area contributed by atoms with Crippen LogP contribution in [0.25, 0.3) is 0 Å². The second-order valence-corrected chi connectivity index (χ2v) is 6.58. The lowest BCUT2D eigenvalue weighted by Crippen LogP contribution is -2.33. The Hall–Kier alpha value is -2.80. The Labute approximate surface area is 151 Å². The molecule has 0 aliphatic carbocycles. The van der Waals surface area contributed by atoms with Crippen LogP contribution in [0.1, 0.15) is 22.5 Å². The number of rotatable bonds is 5. The molecule has 134 valence electrons. The van der Waals surface area contributed by atoms with Gasteiger partial charge in [0.25, 0.3) is 0 Å². The van der Waals surface area contributed by atoms with Gasteiger partial charge in [0.2, 0.25) is 5.95 Å². The van der Waals surface area contributed by atoms with E-state index < -0.39 is 0 Å². The predicted molar refractivity (Wildman–Crippen MR) is 96.8 cm³/mol. The van der Waals surface area contributed by atoms with Crippen molar-refractivity contribution in [1.82, 2.24) is 24.6 Å². The third-order valence-corrected chi connectivity index (χ3v) is 4.52. The molecule has 4 rings (SSSR count). The first kappa shape index (κ1) is 16.7. The molecular formula is C19H21FN6. The third-order valence-electron chi connectivity index (χ3n) is 4.52. The zero-order valence-corrected chi connectivity index (χ0v) is 14.7. The van der Waals surface area contributed by atoms with Gasteiger partial charge in [-0.1, -0.05) is 17.7 Å². The number of halogens is 1. The predicted octanol–water partition coefficient (Wildman–Crippen LogP) is 2.75. The molecule has 0 spiro atoms. The summed E-state index contributed by atoms with van der Waals surface area (Å²) in [5.41, 5.74) is 3.94. The summed E-state index contributed by atoms with van der Waals surface area (Å²) in [5.74, 6) is 0.456. The highest BCUT2D eigenvalue weighted by molar-refractivity contribution is 5.26. The summed E-state index contributed by atoms with van der Waals surface area (Å²) in [7, 11) is 0. The minimum absolute atomic E-state index is 0.137. The molecule has 3 heterocycles. The van der Waals surface area contributed by atoms with Crippen LogP contribution in [0.5, 0.6) is 0 Å². The van der Waals surface area contributed by atoms with Crippen LogP contribution in [0.4, 0.5) is 10.3 Å². The maximum atomic E-state index is 14.0. The maximum Gasteiger partial charge on any atom is 0.222 e. The molecule has 3 aromatic rings. The first-order chi connectivity index (χ1) is 12.7. The number of hydrogen-bond donors (Lipinski definition) is 1. The van der Waals surface area contributed by atoms with Crippen molar-refractivity contribution in [1.29, 1.82) is 0 Å². The molecule has 2 aromatic heterocycles. The van der Waals surface area contributed by atoms with E-state index in [-0.39, 0.29) is 5.82 Å². The van der Waals surface area contributed by atoms with Crippen molar-refractivity contribution in [3.8, 4) is 0 Å². The Morgan fingerprint density at radius 3 is 2.85 bits per heavy atom. The second kappa shape index (κ2) is 7.21. The molecule has 0 radical (unpaired) electrons. The number of nitrogens with zero attached hydrogens (tertiary/aromatic N) is 5. The Morgan fingerprint density at radius 2 is 2.00 bits per heavy atom. The van der Waals surface area contributed by atoms with Crippen molar-refractivity contribution in [2.24, 2.45) is 0 Å². The minimum Gasteiger partial charge on any atom is -0.348 e. The molecule has 7 heteroatoms. The fraction of sp³-hybridized carbons (Fsp3) is 0.316. The summed E-state index contributed by atoms with van der Waals surface area (Å²) >= 11 is 0. The molecule has 0 fully saturated rings. The highest BCUT2D eigenvalue weighted by Crippen LogP contribution is 2.19. The van der Waals surface area contributed by atoms with Gasteiger partial charge in [0, 0.05) is 37.6 Å². The van der Waals surface area contributed by atoms with Crippen LogP contribution >= 0.6 is 0 Å². The van der Waals surface area contributed by atoms with Crippen molar-refractivity contribution in [2.45, 2.75) is 33.1 Å². The van der Waals surface area contributed by atoms with Crippen molar-refractivity contribution >= 4 is 5.95 Å². The molecular weight excluding hydrogens is 331 g/mol. The largest absolute Gasteiger partial charge is 0.348 e. The first-order valence-corrected chi connectivity index (χ1v) is 8.71. The van der Waals surface area contributed by atoms with Gasteiger partial charge in [-0.2, -0.15) is 5.10 Å². The molecule has 1 aliphatic rings. The maximum absolute atomic E-state index is 14.0. The number of benzene rings is 1. The van der Waals surface area contributed by atoms with Crippen molar-refractivity contribution < 1.29 is 4.39 Å². The van der Waals surface area contributed by atoms with Gasteiger partial charge in [0.15, 0.2) is 0 Å². The van der Waals surface area contributed by atoms with Gasteiger partial charge in [-0.3, -0.25) is 9.58 Å². The number of aromatic nitrogens is 4. The molecule has 1 aromatic carbocycles. The van der Waals surface area contributed by atoms with Gasteiger partial charge in [0.05, 0.1) is 24.5 Å². The van der Waals surface area contributed by atoms with E-state index in [0.29, 0.717) is 19.0 Å². The topological polar surface area (TPSA) is 58.9 Å². The number of nitrogens with one attached hydrogen (secondary N) is 1. The molecule has 26 heavy (non-hydrogen) atoms. The molecule has 0 saturated carbocycles. The average molecular weight is 352 g/mol. The van der Waals surface area contributed by atoms with E-state index in [1.54, 1.807) is 30.6 Å². The highest BCUT2D eigenvalue weighted by Gasteiger charge is 2.19. The quantitative estimate of drug-likeness (QED) is 0.765. The summed E-state index contributed by atoms with van der Waals surface area (Å²) in [5, 5.41) is 7.81. The zero-order chi connectivity index (χ0) is 17.9. The van der Waals surface area contributed by atoms with Gasteiger partial charge in [-0.25, -0.2) is 14.4 Å². The molecule has 1 N–H and O–H groups in total. The summed E-state index contributed by atoms with van der Waals surface area (Å²) in [6.07, 6.45) is 3.41. The van der Waals surface area contributed by atoms with Crippen LogP contribution in [0.3, 0.4) is 0 Å². The molecule has 0 saturated heterocycles. The Kier molecular flexibility index (Phi) is 4.62. The molecule has 0 unspecified atom stereocenters. The van der Waals surface area contributed by atoms with E-state index in [0.717, 1.165) is 42.1 Å². The molecule has 6 nitrogen and oxygen atoms in total. The van der Waals surface area contributed by atoms with Gasteiger partial charge in [-0.05, 0) is 25.1 Å². The highest BCUT2D eigenvalue weighted by atomic mass is 19.1. The smallest absolute Gasteiger partial charge is 0.222 e. The van der Waals surface area contributed by atoms with Crippen LogP contribution in [0, 0.1) is 12.7 Å². The molecule has 0 amide bonds. The number of anilines is 1. The molecule has 0 atom stereocenters. The lowest BCUT2D eigenvalue weighted by atomic mass is 10.1. The first-order valence-electron chi connectivity index (χ1n) is 8.71. The van der Waals surface area contributed by atoms with E-state index in [1.807, 2.05) is 17.7 Å². The molecule has 0 bridgehead atoms. The summed E-state index contributed by atoms with van der Waals surface area (Å²) in [6, 6.07) is 9.16. The SMILES string of the molecule is Cc1ccc(F)c(CN2CCn3nc(CNc4ncccn4)cc3C2)c1. The Morgan fingerprint density at radius 1 is 1.15 bits per heavy atom. The number of aryl methyl sites for hydroxylation is 1. The summed E-state index contributed by atoms with van der Waals surface area (Å²) in [4.78, 5) is 10.6. The van der Waals surface area contributed by atoms with E-state index in [4.69, 9.17) is 0 Å². The standard InChI is InChI=1S/C19H21FN6/c1-14-3-4-18(20)15(9-14)12-25-7-8-26-17(13-25)10-16(24-26)11-23-19-21-5-2-6-22-19/h2-6,9-10H,7-8,11-13H2,1H3,(H,21,22,23).